The van der Waals surface area contributed by atoms with Gasteiger partial charge in [0.2, 0.25) is 10.0 Å². The first kappa shape index (κ1) is 16.0. The summed E-state index contributed by atoms with van der Waals surface area (Å²) >= 11 is 3.09. The smallest absolute Gasteiger partial charge is 0.250 e. The lowest BCUT2D eigenvalue weighted by Crippen LogP contribution is -2.24. The van der Waals surface area contributed by atoms with Gasteiger partial charge in [0.15, 0.2) is 0 Å². The van der Waals surface area contributed by atoms with E-state index in [1.54, 1.807) is 6.07 Å². The van der Waals surface area contributed by atoms with Crippen molar-refractivity contribution in [2.24, 2.45) is 0 Å². The molecule has 1 aromatic heterocycles. The first-order valence-corrected chi connectivity index (χ1v) is 9.41. The number of thiophene rings is 1. The van der Waals surface area contributed by atoms with E-state index in [1.807, 2.05) is 24.2 Å². The highest BCUT2D eigenvalue weighted by Gasteiger charge is 2.15. The van der Waals surface area contributed by atoms with Gasteiger partial charge in [-0.25, -0.2) is 13.1 Å². The Balaban J connectivity index is 2.46. The number of sulfonamides is 1. The molecule has 0 atom stereocenters. The third kappa shape index (κ3) is 5.27. The minimum absolute atomic E-state index is 0.399. The van der Waals surface area contributed by atoms with Crippen molar-refractivity contribution < 1.29 is 8.42 Å². The molecule has 0 saturated heterocycles. The van der Waals surface area contributed by atoms with Crippen molar-refractivity contribution in [1.29, 1.82) is 0 Å². The zero-order valence-corrected chi connectivity index (χ0v) is 13.2. The van der Waals surface area contributed by atoms with Crippen LogP contribution in [-0.2, 0) is 16.6 Å². The molecule has 0 fully saturated rings. The van der Waals surface area contributed by atoms with Gasteiger partial charge in [-0.3, -0.25) is 0 Å². The monoisotopic (exact) mass is 308 g/mol. The summed E-state index contributed by atoms with van der Waals surface area (Å²) < 4.78 is 26.9. The third-order valence-corrected chi connectivity index (χ3v) is 6.17. The van der Waals surface area contributed by atoms with E-state index >= 15 is 0 Å². The van der Waals surface area contributed by atoms with E-state index in [0.29, 0.717) is 17.3 Å². The van der Waals surface area contributed by atoms with Crippen molar-refractivity contribution >= 4 is 33.1 Å². The van der Waals surface area contributed by atoms with E-state index in [9.17, 15) is 8.42 Å². The van der Waals surface area contributed by atoms with E-state index in [-0.39, 0.29) is 0 Å². The lowest BCUT2D eigenvalue weighted by atomic mass is 10.3. The number of rotatable bonds is 9. The van der Waals surface area contributed by atoms with Crippen LogP contribution in [0.25, 0.3) is 0 Å². The van der Waals surface area contributed by atoms with Crippen LogP contribution in [0.4, 0.5) is 0 Å². The van der Waals surface area contributed by atoms with Crippen LogP contribution in [0, 0.1) is 0 Å². The molecule has 1 heterocycles. The van der Waals surface area contributed by atoms with Crippen molar-refractivity contribution in [2.75, 3.05) is 25.1 Å². The molecule has 0 aliphatic heterocycles. The normalized spacial score (nSPS) is 11.9. The molecule has 1 aromatic rings. The van der Waals surface area contributed by atoms with Crippen LogP contribution in [0.15, 0.2) is 15.7 Å². The number of thioether (sulfide) groups is 1. The Labute approximate surface area is 118 Å². The maximum Gasteiger partial charge on any atom is 0.250 e. The van der Waals surface area contributed by atoms with Crippen molar-refractivity contribution in [3.8, 4) is 0 Å². The molecule has 2 N–H and O–H groups in total. The van der Waals surface area contributed by atoms with E-state index in [1.165, 1.54) is 11.3 Å². The zero-order chi connectivity index (χ0) is 13.4. The summed E-state index contributed by atoms with van der Waals surface area (Å²) in [5.74, 6) is 2.07. The van der Waals surface area contributed by atoms with Crippen molar-refractivity contribution in [1.82, 2.24) is 10.0 Å². The van der Waals surface area contributed by atoms with Crippen LogP contribution in [0.2, 0.25) is 0 Å². The van der Waals surface area contributed by atoms with Gasteiger partial charge in [0, 0.05) is 13.1 Å². The molecule has 0 aromatic carbocycles. The average molecular weight is 308 g/mol. The number of nitrogens with one attached hydrogen (secondary N) is 2. The molecule has 0 bridgehead atoms. The van der Waals surface area contributed by atoms with Crippen molar-refractivity contribution in [3.63, 3.8) is 0 Å². The van der Waals surface area contributed by atoms with Crippen LogP contribution in [-0.4, -0.2) is 33.5 Å². The van der Waals surface area contributed by atoms with Crippen LogP contribution >= 0.6 is 23.1 Å². The molecule has 0 spiro atoms. The van der Waals surface area contributed by atoms with Gasteiger partial charge in [0.1, 0.15) is 4.21 Å². The second kappa shape index (κ2) is 8.16. The fourth-order valence-corrected chi connectivity index (χ4v) is 4.35. The van der Waals surface area contributed by atoms with Gasteiger partial charge >= 0.3 is 0 Å². The fourth-order valence-electron chi connectivity index (χ4n) is 1.39. The first-order chi connectivity index (χ1) is 8.60. The molecule has 0 saturated carbocycles. The Morgan fingerprint density at radius 3 is 2.89 bits per heavy atom. The topological polar surface area (TPSA) is 58.2 Å². The molecule has 0 unspecified atom stereocenters. The summed E-state index contributed by atoms with van der Waals surface area (Å²) in [6, 6.07) is 1.73. The van der Waals surface area contributed by atoms with E-state index in [4.69, 9.17) is 0 Å². The van der Waals surface area contributed by atoms with Gasteiger partial charge in [-0.15, -0.1) is 11.3 Å². The molecule has 0 aliphatic carbocycles. The van der Waals surface area contributed by atoms with Gasteiger partial charge in [-0.1, -0.05) is 6.92 Å². The minimum atomic E-state index is -3.31. The summed E-state index contributed by atoms with van der Waals surface area (Å²) in [7, 11) is -1.47. The second-order valence-corrected chi connectivity index (χ2v) is 8.05. The molecular formula is C11H20N2O2S3. The fraction of sp³-hybridized carbons (Fsp3) is 0.636. The quantitative estimate of drug-likeness (QED) is 0.684. The second-order valence-electron chi connectivity index (χ2n) is 3.75. The van der Waals surface area contributed by atoms with Crippen LogP contribution in [0.3, 0.4) is 0 Å². The van der Waals surface area contributed by atoms with E-state index < -0.39 is 10.0 Å². The first-order valence-electron chi connectivity index (χ1n) is 5.89. The van der Waals surface area contributed by atoms with Crippen molar-refractivity contribution in [2.45, 2.75) is 24.1 Å². The highest BCUT2D eigenvalue weighted by molar-refractivity contribution is 7.99. The average Bonchev–Trinajstić information content (AvgIpc) is 2.79. The minimum Gasteiger partial charge on any atom is -0.316 e. The number of hydrogen-bond acceptors (Lipinski definition) is 5. The summed E-state index contributed by atoms with van der Waals surface area (Å²) in [5, 5.41) is 4.88. The maximum atomic E-state index is 12.0. The largest absolute Gasteiger partial charge is 0.316 e. The SMILES string of the molecule is CCSCCCNS(=O)(=O)c1cc(CNC)cs1. The van der Waals surface area contributed by atoms with E-state index in [0.717, 1.165) is 23.5 Å². The molecule has 104 valence electrons. The molecular weight excluding hydrogens is 288 g/mol. The van der Waals surface area contributed by atoms with Gasteiger partial charge in [-0.2, -0.15) is 11.8 Å². The molecule has 18 heavy (non-hydrogen) atoms. The molecule has 0 amide bonds. The van der Waals surface area contributed by atoms with Gasteiger partial charge in [0.25, 0.3) is 0 Å². The number of hydrogen-bond donors (Lipinski definition) is 2. The van der Waals surface area contributed by atoms with Gasteiger partial charge < -0.3 is 5.32 Å². The standard InChI is InChI=1S/C11H20N2O2S3/c1-3-16-6-4-5-13-18(14,15)11-7-10(8-12-2)9-17-11/h7,9,12-13H,3-6,8H2,1-2H3. The molecule has 7 heteroatoms. The molecule has 0 aliphatic rings. The van der Waals surface area contributed by atoms with Gasteiger partial charge in [0.05, 0.1) is 0 Å². The molecule has 1 rings (SSSR count). The Kier molecular flexibility index (Phi) is 7.25. The van der Waals surface area contributed by atoms with E-state index in [2.05, 4.69) is 17.0 Å². The van der Waals surface area contributed by atoms with Crippen LogP contribution in [0.5, 0.6) is 0 Å². The molecule has 4 nitrogen and oxygen atoms in total. The van der Waals surface area contributed by atoms with Crippen molar-refractivity contribution in [3.05, 3.63) is 17.0 Å². The Morgan fingerprint density at radius 1 is 1.44 bits per heavy atom. The zero-order valence-electron chi connectivity index (χ0n) is 10.7. The Bertz CT molecular complexity index is 443. The lowest BCUT2D eigenvalue weighted by molar-refractivity contribution is 0.583. The Morgan fingerprint density at radius 2 is 2.22 bits per heavy atom. The summed E-state index contributed by atoms with van der Waals surface area (Å²) in [4.78, 5) is 0. The van der Waals surface area contributed by atoms with Crippen LogP contribution < -0.4 is 10.0 Å². The third-order valence-electron chi connectivity index (χ3n) is 2.24. The lowest BCUT2D eigenvalue weighted by Gasteiger charge is -2.04. The predicted octanol–water partition coefficient (Wildman–Crippen LogP) is 1.89. The maximum absolute atomic E-state index is 12.0. The highest BCUT2D eigenvalue weighted by atomic mass is 32.2. The Hall–Kier alpha value is -0.0800. The summed E-state index contributed by atoms with van der Waals surface area (Å²) in [6.07, 6.45) is 0.868. The summed E-state index contributed by atoms with van der Waals surface area (Å²) in [5.41, 5.74) is 1.00. The van der Waals surface area contributed by atoms with Crippen LogP contribution in [0.1, 0.15) is 18.9 Å². The summed E-state index contributed by atoms with van der Waals surface area (Å²) in [6.45, 7) is 3.30. The predicted molar refractivity (Wildman–Crippen MR) is 79.9 cm³/mol. The highest BCUT2D eigenvalue weighted by Crippen LogP contribution is 2.19. The molecule has 0 radical (unpaired) electrons. The van der Waals surface area contributed by atoms with Gasteiger partial charge in [-0.05, 0) is 42.0 Å².